The molecule has 2 N–H and O–H groups in total. The Bertz CT molecular complexity index is 677. The number of hydrogen-bond donors (Lipinski definition) is 2. The Hall–Kier alpha value is -2.28. The minimum absolute atomic E-state index is 0.0605. The Labute approximate surface area is 120 Å². The van der Waals surface area contributed by atoms with Crippen LogP contribution in [0.1, 0.15) is 12.7 Å². The number of carbonyl (C=O) groups is 1. The third-order valence-electron chi connectivity index (χ3n) is 2.51. The maximum absolute atomic E-state index is 10.9. The van der Waals surface area contributed by atoms with E-state index in [2.05, 4.69) is 19.9 Å². The number of imidazole rings is 1. The molecule has 0 saturated heterocycles. The van der Waals surface area contributed by atoms with Crippen LogP contribution < -0.4 is 0 Å². The molecule has 102 valence electrons. The molecule has 0 bridgehead atoms. The lowest BCUT2D eigenvalue weighted by Crippen LogP contribution is -2.03. The number of aromatic nitrogens is 4. The van der Waals surface area contributed by atoms with Gasteiger partial charge in [0.2, 0.25) is 0 Å². The first kappa shape index (κ1) is 14.1. The molecule has 20 heavy (non-hydrogen) atoms. The lowest BCUT2D eigenvalue weighted by molar-refractivity contribution is -0.111. The number of carbonyl (C=O) groups excluding carboxylic acids is 1. The molecule has 0 aliphatic rings. The van der Waals surface area contributed by atoms with Gasteiger partial charge in [0, 0.05) is 6.92 Å². The molecule has 2 aromatic rings. The molecule has 0 saturated carbocycles. The van der Waals surface area contributed by atoms with Crippen molar-refractivity contribution in [2.45, 2.75) is 11.9 Å². The van der Waals surface area contributed by atoms with Crippen LogP contribution in [0.3, 0.4) is 0 Å². The maximum Gasteiger partial charge on any atom is 0.177 e. The fourth-order valence-corrected chi connectivity index (χ4v) is 1.81. The van der Waals surface area contributed by atoms with Crippen LogP contribution in [0.2, 0.25) is 0 Å². The van der Waals surface area contributed by atoms with Crippen molar-refractivity contribution in [1.82, 2.24) is 19.9 Å². The van der Waals surface area contributed by atoms with Crippen LogP contribution in [0.25, 0.3) is 17.5 Å². The summed E-state index contributed by atoms with van der Waals surface area (Å²) in [7, 11) is 0. The molecule has 2 rings (SSSR count). The van der Waals surface area contributed by atoms with Gasteiger partial charge >= 0.3 is 0 Å². The van der Waals surface area contributed by atoms with Gasteiger partial charge in [0.1, 0.15) is 12.2 Å². The zero-order chi connectivity index (χ0) is 14.5. The van der Waals surface area contributed by atoms with E-state index in [1.165, 1.54) is 31.1 Å². The summed E-state index contributed by atoms with van der Waals surface area (Å²) in [5, 5.41) is 8.29. The van der Waals surface area contributed by atoms with Gasteiger partial charge in [-0.1, -0.05) is 0 Å². The number of H-pyrrole nitrogens is 1. The van der Waals surface area contributed by atoms with E-state index in [9.17, 15) is 4.79 Å². The summed E-state index contributed by atoms with van der Waals surface area (Å²) in [6, 6.07) is 1.86. The molecule has 0 atom stereocenters. The minimum atomic E-state index is -0.284. The van der Waals surface area contributed by atoms with Crippen molar-refractivity contribution < 1.29 is 4.79 Å². The summed E-state index contributed by atoms with van der Waals surface area (Å²) in [5.41, 5.74) is 1.45. The third-order valence-corrected chi connectivity index (χ3v) is 3.15. The van der Waals surface area contributed by atoms with Gasteiger partial charge in [-0.15, -0.1) is 11.8 Å². The number of hydrogen-bond acceptors (Lipinski definition) is 6. The smallest absolute Gasteiger partial charge is 0.177 e. The lowest BCUT2D eigenvalue weighted by Gasteiger charge is -1.98. The Balaban J connectivity index is 2.20. The maximum atomic E-state index is 10.9. The van der Waals surface area contributed by atoms with Crippen LogP contribution >= 0.6 is 11.8 Å². The Morgan fingerprint density at radius 3 is 2.90 bits per heavy atom. The number of nitrogens with one attached hydrogen (secondary N) is 2. The lowest BCUT2D eigenvalue weighted by atomic mass is 10.2. The van der Waals surface area contributed by atoms with E-state index in [0.29, 0.717) is 5.82 Å². The fourth-order valence-electron chi connectivity index (χ4n) is 1.43. The third kappa shape index (κ3) is 3.39. The van der Waals surface area contributed by atoms with Gasteiger partial charge in [-0.2, -0.15) is 0 Å². The Morgan fingerprint density at radius 2 is 2.20 bits per heavy atom. The predicted octanol–water partition coefficient (Wildman–Crippen LogP) is 2.21. The van der Waals surface area contributed by atoms with E-state index in [0.717, 1.165) is 16.4 Å². The summed E-state index contributed by atoms with van der Waals surface area (Å²) < 4.78 is 0. The number of Topliss-reactive ketones (excluding diaryl/α,β-unsaturated/α-hetero) is 1. The van der Waals surface area contributed by atoms with Crippen molar-refractivity contribution in [3.8, 4) is 11.4 Å². The molecule has 0 fully saturated rings. The Morgan fingerprint density at radius 1 is 1.40 bits per heavy atom. The normalized spacial score (nSPS) is 10.9. The van der Waals surface area contributed by atoms with Gasteiger partial charge in [-0.3, -0.25) is 10.2 Å². The van der Waals surface area contributed by atoms with E-state index in [1.807, 2.05) is 12.3 Å². The second-order valence-corrected chi connectivity index (χ2v) is 4.76. The minimum Gasteiger partial charge on any atom is -0.337 e. The number of ketones is 1. The quantitative estimate of drug-likeness (QED) is 0.499. The summed E-state index contributed by atoms with van der Waals surface area (Å²) in [5.74, 6) is 0.281. The van der Waals surface area contributed by atoms with Gasteiger partial charge < -0.3 is 4.98 Å². The van der Waals surface area contributed by atoms with Crippen molar-refractivity contribution in [2.24, 2.45) is 0 Å². The number of nitrogens with zero attached hydrogens (tertiary/aromatic N) is 3. The molecule has 7 heteroatoms. The molecule has 0 radical (unpaired) electrons. The zero-order valence-corrected chi connectivity index (χ0v) is 11.9. The molecule has 6 nitrogen and oxygen atoms in total. The van der Waals surface area contributed by atoms with Crippen molar-refractivity contribution in [2.75, 3.05) is 6.26 Å². The van der Waals surface area contributed by atoms with Crippen LogP contribution in [0.15, 0.2) is 29.7 Å². The van der Waals surface area contributed by atoms with Crippen LogP contribution in [-0.4, -0.2) is 37.7 Å². The largest absolute Gasteiger partial charge is 0.337 e. The van der Waals surface area contributed by atoms with Crippen molar-refractivity contribution in [3.63, 3.8) is 0 Å². The number of allylic oxidation sites excluding steroid dienone is 1. The van der Waals surface area contributed by atoms with E-state index in [1.54, 1.807) is 12.3 Å². The van der Waals surface area contributed by atoms with Crippen LogP contribution in [0.5, 0.6) is 0 Å². The first-order valence-corrected chi connectivity index (χ1v) is 7.01. The molecule has 0 aliphatic carbocycles. The van der Waals surface area contributed by atoms with Gasteiger partial charge in [-0.25, -0.2) is 15.0 Å². The van der Waals surface area contributed by atoms with Crippen molar-refractivity contribution in [1.29, 1.82) is 5.41 Å². The van der Waals surface area contributed by atoms with Crippen molar-refractivity contribution in [3.05, 3.63) is 30.5 Å². The first-order chi connectivity index (χ1) is 9.60. The second-order valence-electron chi connectivity index (χ2n) is 3.93. The number of thioether (sulfide) groups is 1. The van der Waals surface area contributed by atoms with Crippen LogP contribution in [0.4, 0.5) is 0 Å². The standard InChI is InChI=1S/C13H13N5OS/c1-8(19)9(14)3-4-12-15-6-11(18-12)10-5-13(20-2)17-7-16-10/h3-7,14H,1-2H3,(H,15,18)/b4-3-,14-9?. The molecule has 0 amide bonds. The van der Waals surface area contributed by atoms with E-state index in [4.69, 9.17) is 5.41 Å². The molecule has 0 spiro atoms. The average molecular weight is 287 g/mol. The monoisotopic (exact) mass is 287 g/mol. The van der Waals surface area contributed by atoms with Crippen LogP contribution in [0, 0.1) is 5.41 Å². The first-order valence-electron chi connectivity index (χ1n) is 5.79. The zero-order valence-electron chi connectivity index (χ0n) is 11.0. The highest BCUT2D eigenvalue weighted by molar-refractivity contribution is 7.98. The molecule has 0 aromatic carbocycles. The van der Waals surface area contributed by atoms with Gasteiger partial charge in [0.25, 0.3) is 0 Å². The van der Waals surface area contributed by atoms with Crippen LogP contribution in [-0.2, 0) is 4.79 Å². The molecular weight excluding hydrogens is 274 g/mol. The molecular formula is C13H13N5OS. The van der Waals surface area contributed by atoms with Crippen molar-refractivity contribution >= 4 is 29.3 Å². The fraction of sp³-hybridized carbons (Fsp3) is 0.154. The second kappa shape index (κ2) is 6.25. The average Bonchev–Trinajstić information content (AvgIpc) is 2.93. The highest BCUT2D eigenvalue weighted by Crippen LogP contribution is 2.19. The number of aromatic amines is 1. The van der Waals surface area contributed by atoms with Gasteiger partial charge in [0.15, 0.2) is 5.78 Å². The molecule has 0 aliphatic heterocycles. The Kier molecular flexibility index (Phi) is 4.41. The van der Waals surface area contributed by atoms with E-state index >= 15 is 0 Å². The van der Waals surface area contributed by atoms with E-state index < -0.39 is 0 Å². The summed E-state index contributed by atoms with van der Waals surface area (Å²) in [4.78, 5) is 26.5. The summed E-state index contributed by atoms with van der Waals surface area (Å²) in [6.07, 6.45) is 8.11. The number of rotatable bonds is 5. The topological polar surface area (TPSA) is 95.4 Å². The predicted molar refractivity (Wildman–Crippen MR) is 78.8 cm³/mol. The SMILES string of the molecule is CSc1cc(-c2cnc(/C=C\C(=N)C(C)=O)[nH]2)ncn1. The van der Waals surface area contributed by atoms with E-state index in [-0.39, 0.29) is 11.5 Å². The molecule has 2 aromatic heterocycles. The van der Waals surface area contributed by atoms with Gasteiger partial charge in [-0.05, 0) is 24.5 Å². The summed E-state index contributed by atoms with van der Waals surface area (Å²) in [6.45, 7) is 1.35. The molecule has 2 heterocycles. The highest BCUT2D eigenvalue weighted by atomic mass is 32.2. The van der Waals surface area contributed by atoms with Gasteiger partial charge in [0.05, 0.1) is 28.3 Å². The summed E-state index contributed by atoms with van der Waals surface area (Å²) >= 11 is 1.54. The molecule has 0 unspecified atom stereocenters. The highest BCUT2D eigenvalue weighted by Gasteiger charge is 2.05.